The number of sulfone groups is 1. The second kappa shape index (κ2) is 12.8. The summed E-state index contributed by atoms with van der Waals surface area (Å²) in [5, 5.41) is 10.9. The number of rotatable bonds is 10. The molecule has 3 fully saturated rings. The van der Waals surface area contributed by atoms with Crippen molar-refractivity contribution < 1.29 is 16.8 Å². The normalized spacial score (nSPS) is 23.2. The number of nitrogens with zero attached hydrogens (tertiary/aromatic N) is 4. The molecule has 45 heavy (non-hydrogen) atoms. The summed E-state index contributed by atoms with van der Waals surface area (Å²) in [6.45, 7) is 4.66. The molecule has 2 saturated heterocycles. The molecule has 0 bridgehead atoms. The molecule has 238 valence electrons. The average Bonchev–Trinajstić information content (AvgIpc) is 3.48. The van der Waals surface area contributed by atoms with Crippen molar-refractivity contribution in [2.75, 3.05) is 43.9 Å². The number of benzene rings is 2. The van der Waals surface area contributed by atoms with Gasteiger partial charge in [0.1, 0.15) is 0 Å². The van der Waals surface area contributed by atoms with Gasteiger partial charge < -0.3 is 9.80 Å². The van der Waals surface area contributed by atoms with Gasteiger partial charge in [0.05, 0.1) is 27.5 Å². The van der Waals surface area contributed by atoms with Crippen LogP contribution in [0.3, 0.4) is 0 Å². The Labute approximate surface area is 267 Å². The average molecular weight is 648 g/mol. The van der Waals surface area contributed by atoms with Gasteiger partial charge >= 0.3 is 0 Å². The number of anilines is 1. The molecule has 2 aromatic carbocycles. The molecule has 1 aliphatic carbocycles. The van der Waals surface area contributed by atoms with Gasteiger partial charge in [-0.3, -0.25) is 4.98 Å². The van der Waals surface area contributed by atoms with Crippen LogP contribution >= 0.6 is 0 Å². The third-order valence-corrected chi connectivity index (χ3v) is 12.6. The van der Waals surface area contributed by atoms with Crippen molar-refractivity contribution in [2.24, 2.45) is 17.8 Å². The summed E-state index contributed by atoms with van der Waals surface area (Å²) in [5.41, 5.74) is 1.29. The lowest BCUT2D eigenvalue weighted by Gasteiger charge is -2.48. The number of aromatic nitrogens is 1. The number of nitriles is 1. The smallest absolute Gasteiger partial charge is 0.208 e. The Balaban J connectivity index is 1.07. The van der Waals surface area contributed by atoms with E-state index >= 15 is 0 Å². The first-order valence-electron chi connectivity index (χ1n) is 15.8. The molecular weight excluding hydrogens is 607 g/mol. The SMILES string of the molecule is CS(=O)(=O)N[C@H]1CCC[C@@H]1C(C#N)(c1ccccc1)C1CCN(CC2CN(c3ccc(S(=O)(=O)c4ccncc4)cc3)C2)CC1. The van der Waals surface area contributed by atoms with Crippen LogP contribution in [0.5, 0.6) is 0 Å². The Bertz CT molecular complexity index is 1720. The van der Waals surface area contributed by atoms with Crippen molar-refractivity contribution in [3.63, 3.8) is 0 Å². The molecule has 11 heteroatoms. The molecule has 2 aliphatic heterocycles. The Morgan fingerprint density at radius 2 is 1.53 bits per heavy atom. The molecule has 0 spiro atoms. The van der Waals surface area contributed by atoms with Crippen LogP contribution < -0.4 is 9.62 Å². The molecule has 9 nitrogen and oxygen atoms in total. The monoisotopic (exact) mass is 647 g/mol. The van der Waals surface area contributed by atoms with Gasteiger partial charge in [-0.1, -0.05) is 36.8 Å². The largest absolute Gasteiger partial charge is 0.371 e. The Kier molecular flexibility index (Phi) is 9.03. The maximum absolute atomic E-state index is 12.9. The molecule has 1 N–H and O–H groups in total. The molecule has 0 amide bonds. The highest BCUT2D eigenvalue weighted by atomic mass is 32.2. The van der Waals surface area contributed by atoms with E-state index in [1.165, 1.54) is 30.8 Å². The van der Waals surface area contributed by atoms with E-state index in [0.29, 0.717) is 5.92 Å². The molecule has 6 rings (SSSR count). The number of pyridine rings is 1. The van der Waals surface area contributed by atoms with Crippen molar-refractivity contribution in [3.8, 4) is 6.07 Å². The topological polar surface area (TPSA) is 123 Å². The molecular formula is C34H41N5O4S2. The van der Waals surface area contributed by atoms with E-state index in [0.717, 1.165) is 76.1 Å². The summed E-state index contributed by atoms with van der Waals surface area (Å²) < 4.78 is 53.2. The predicted octanol–water partition coefficient (Wildman–Crippen LogP) is 4.24. The van der Waals surface area contributed by atoms with Crippen LogP contribution in [0.1, 0.15) is 37.7 Å². The van der Waals surface area contributed by atoms with Crippen molar-refractivity contribution in [2.45, 2.75) is 53.4 Å². The second-order valence-corrected chi connectivity index (χ2v) is 16.6. The van der Waals surface area contributed by atoms with E-state index in [9.17, 15) is 22.1 Å². The summed E-state index contributed by atoms with van der Waals surface area (Å²) in [7, 11) is -6.95. The number of hydrogen-bond donors (Lipinski definition) is 1. The van der Waals surface area contributed by atoms with Crippen molar-refractivity contribution in [1.29, 1.82) is 5.26 Å². The van der Waals surface area contributed by atoms with E-state index in [2.05, 4.69) is 37.7 Å². The van der Waals surface area contributed by atoms with E-state index in [1.807, 2.05) is 30.3 Å². The zero-order valence-electron chi connectivity index (χ0n) is 25.6. The number of hydrogen-bond acceptors (Lipinski definition) is 8. The quantitative estimate of drug-likeness (QED) is 0.347. The molecule has 3 aromatic rings. The summed E-state index contributed by atoms with van der Waals surface area (Å²) in [5.74, 6) is 0.602. The summed E-state index contributed by atoms with van der Waals surface area (Å²) in [6.07, 6.45) is 8.48. The lowest BCUT2D eigenvalue weighted by Crippen LogP contribution is -2.55. The van der Waals surface area contributed by atoms with Gasteiger partial charge in [0.25, 0.3) is 0 Å². The minimum absolute atomic E-state index is 0.0672. The maximum Gasteiger partial charge on any atom is 0.208 e. The van der Waals surface area contributed by atoms with Crippen LogP contribution in [0.4, 0.5) is 5.69 Å². The Morgan fingerprint density at radius 1 is 0.889 bits per heavy atom. The number of nitrogens with one attached hydrogen (secondary N) is 1. The van der Waals surface area contributed by atoms with Gasteiger partial charge in [-0.05, 0) is 92.6 Å². The van der Waals surface area contributed by atoms with E-state index < -0.39 is 25.3 Å². The number of likely N-dealkylation sites (tertiary alicyclic amines) is 1. The van der Waals surface area contributed by atoms with Crippen molar-refractivity contribution in [3.05, 3.63) is 84.7 Å². The highest BCUT2D eigenvalue weighted by molar-refractivity contribution is 7.91. The van der Waals surface area contributed by atoms with Crippen molar-refractivity contribution >= 4 is 25.5 Å². The molecule has 1 unspecified atom stereocenters. The van der Waals surface area contributed by atoms with Crippen LogP contribution in [0.25, 0.3) is 0 Å². The lowest BCUT2D eigenvalue weighted by atomic mass is 9.59. The fraction of sp³-hybridized carbons (Fsp3) is 0.471. The lowest BCUT2D eigenvalue weighted by molar-refractivity contribution is 0.0979. The highest BCUT2D eigenvalue weighted by Gasteiger charge is 2.52. The summed E-state index contributed by atoms with van der Waals surface area (Å²) >= 11 is 0. The zero-order valence-corrected chi connectivity index (χ0v) is 27.3. The van der Waals surface area contributed by atoms with Crippen LogP contribution in [0, 0.1) is 29.1 Å². The van der Waals surface area contributed by atoms with Crippen LogP contribution in [0.2, 0.25) is 0 Å². The fourth-order valence-corrected chi connectivity index (χ4v) is 10.0. The van der Waals surface area contributed by atoms with E-state index in [-0.39, 0.29) is 27.7 Å². The molecule has 3 atom stereocenters. The maximum atomic E-state index is 12.9. The number of sulfonamides is 1. The molecule has 1 saturated carbocycles. The van der Waals surface area contributed by atoms with E-state index in [1.54, 1.807) is 12.1 Å². The summed E-state index contributed by atoms with van der Waals surface area (Å²) in [4.78, 5) is 9.22. The molecule has 1 aromatic heterocycles. The van der Waals surface area contributed by atoms with Gasteiger partial charge in [-0.25, -0.2) is 21.6 Å². The molecule has 0 radical (unpaired) electrons. The molecule has 3 aliphatic rings. The van der Waals surface area contributed by atoms with Gasteiger partial charge in [0.15, 0.2) is 0 Å². The standard InChI is InChI=1S/C34H41N5O4S2/c1-44(40,41)37-33-9-5-8-32(33)34(25-35,27-6-3-2-4-7-27)28-16-20-38(21-17-28)22-26-23-39(24-26)29-10-12-30(13-11-29)45(42,43)31-14-18-36-19-15-31/h2-4,6-7,10-15,18-19,26,28,32-33,37H,5,8-9,16-17,20-24H2,1H3/t32-,33-,34?/m0/s1. The minimum atomic E-state index is -3.57. The minimum Gasteiger partial charge on any atom is -0.371 e. The number of piperidine rings is 1. The predicted molar refractivity (Wildman–Crippen MR) is 174 cm³/mol. The fourth-order valence-electron chi connectivity index (χ4n) is 7.95. The van der Waals surface area contributed by atoms with Crippen LogP contribution in [0.15, 0.2) is 88.9 Å². The van der Waals surface area contributed by atoms with Crippen molar-refractivity contribution in [1.82, 2.24) is 14.6 Å². The third kappa shape index (κ3) is 6.52. The van der Waals surface area contributed by atoms with Gasteiger partial charge in [-0.15, -0.1) is 0 Å². The van der Waals surface area contributed by atoms with Gasteiger partial charge in [0.2, 0.25) is 19.9 Å². The Hall–Kier alpha value is -3.30. The van der Waals surface area contributed by atoms with E-state index in [4.69, 9.17) is 0 Å². The van der Waals surface area contributed by atoms with Gasteiger partial charge in [0, 0.05) is 49.7 Å². The zero-order chi connectivity index (χ0) is 31.7. The summed E-state index contributed by atoms with van der Waals surface area (Å²) in [6, 6.07) is 22.7. The second-order valence-electron chi connectivity index (χ2n) is 12.9. The van der Waals surface area contributed by atoms with Gasteiger partial charge in [-0.2, -0.15) is 5.26 Å². The first-order chi connectivity index (χ1) is 21.6. The third-order valence-electron chi connectivity index (χ3n) is 10.1. The highest BCUT2D eigenvalue weighted by Crippen LogP contribution is 2.50. The molecule has 3 heterocycles. The van der Waals surface area contributed by atoms with Crippen LogP contribution in [-0.2, 0) is 25.3 Å². The first kappa shape index (κ1) is 31.7. The van der Waals surface area contributed by atoms with Crippen LogP contribution in [-0.4, -0.2) is 71.7 Å². The first-order valence-corrected chi connectivity index (χ1v) is 19.1. The Morgan fingerprint density at radius 3 is 2.16 bits per heavy atom.